The molecule has 4 aromatic rings. The Balaban J connectivity index is 1.44. The van der Waals surface area contributed by atoms with E-state index >= 15 is 0 Å². The third-order valence-electron chi connectivity index (χ3n) is 6.78. The van der Waals surface area contributed by atoms with Crippen molar-refractivity contribution >= 4 is 10.9 Å². The molecule has 2 aromatic heterocycles. The number of rotatable bonds is 5. The zero-order chi connectivity index (χ0) is 24.6. The monoisotopic (exact) mass is 491 g/mol. The summed E-state index contributed by atoms with van der Waals surface area (Å²) >= 11 is 0. The minimum Gasteiger partial charge on any atom is -0.486 e. The number of ether oxygens (including phenoxy) is 2. The maximum absolute atomic E-state index is 13.5. The van der Waals surface area contributed by atoms with Gasteiger partial charge in [0.25, 0.3) is 5.56 Å². The molecular weight excluding hydrogens is 465 g/mol. The third kappa shape index (κ3) is 4.31. The lowest BCUT2D eigenvalue weighted by Gasteiger charge is -2.37. The molecule has 0 unspecified atom stereocenters. The number of nitrogens with zero attached hydrogens (tertiary/aromatic N) is 6. The number of likely N-dealkylation sites (N-methyl/N-ethyl adjacent to an activating group) is 1. The summed E-state index contributed by atoms with van der Waals surface area (Å²) in [5.74, 6) is 1.54. The van der Waals surface area contributed by atoms with E-state index in [2.05, 4.69) is 37.4 Å². The van der Waals surface area contributed by atoms with Crippen LogP contribution in [0.25, 0.3) is 10.9 Å². The molecule has 2 aliphatic heterocycles. The van der Waals surface area contributed by atoms with Crippen molar-refractivity contribution in [3.63, 3.8) is 0 Å². The number of hydrogen-bond acceptors (Lipinski definition) is 8. The Kier molecular flexibility index (Phi) is 5.86. The van der Waals surface area contributed by atoms with Crippen LogP contribution in [0.5, 0.6) is 11.5 Å². The molecule has 0 amide bonds. The zero-order valence-corrected chi connectivity index (χ0v) is 19.9. The SMILES string of the molecule is CN1CCN([C@H](c2cc3cc4c(cc3[nH]c2=O)OCCO4)c2nnnn2Cc2ccc(F)cc2)CC1. The summed E-state index contributed by atoms with van der Waals surface area (Å²) in [7, 11) is 2.08. The van der Waals surface area contributed by atoms with Crippen molar-refractivity contribution in [2.45, 2.75) is 12.6 Å². The molecule has 1 N–H and O–H groups in total. The van der Waals surface area contributed by atoms with Crippen molar-refractivity contribution in [3.05, 3.63) is 75.6 Å². The number of aromatic amines is 1. The fourth-order valence-electron chi connectivity index (χ4n) is 4.82. The van der Waals surface area contributed by atoms with E-state index in [0.717, 1.165) is 37.1 Å². The van der Waals surface area contributed by atoms with Crippen LogP contribution in [0.15, 0.2) is 47.3 Å². The van der Waals surface area contributed by atoms with E-state index in [1.165, 1.54) is 12.1 Å². The van der Waals surface area contributed by atoms with Gasteiger partial charge in [0.05, 0.1) is 12.1 Å². The molecule has 0 spiro atoms. The van der Waals surface area contributed by atoms with Crippen molar-refractivity contribution in [2.75, 3.05) is 46.4 Å². The molecule has 0 bridgehead atoms. The highest BCUT2D eigenvalue weighted by Crippen LogP contribution is 2.35. The molecule has 11 heteroatoms. The highest BCUT2D eigenvalue weighted by Gasteiger charge is 2.32. The first-order valence-electron chi connectivity index (χ1n) is 11.9. The van der Waals surface area contributed by atoms with Crippen molar-refractivity contribution in [3.8, 4) is 11.5 Å². The molecule has 10 nitrogen and oxygen atoms in total. The van der Waals surface area contributed by atoms with Gasteiger partial charge in [-0.1, -0.05) is 12.1 Å². The van der Waals surface area contributed by atoms with Gasteiger partial charge in [0.15, 0.2) is 17.3 Å². The first-order valence-corrected chi connectivity index (χ1v) is 11.9. The van der Waals surface area contributed by atoms with Crippen LogP contribution in [-0.4, -0.2) is 81.4 Å². The number of tetrazole rings is 1. The Morgan fingerprint density at radius 1 is 1.03 bits per heavy atom. The molecule has 0 aliphatic carbocycles. The van der Waals surface area contributed by atoms with Gasteiger partial charge in [0, 0.05) is 43.2 Å². The van der Waals surface area contributed by atoms with Gasteiger partial charge in [0.1, 0.15) is 25.1 Å². The van der Waals surface area contributed by atoms with Gasteiger partial charge < -0.3 is 19.4 Å². The number of fused-ring (bicyclic) bond motifs is 2. The van der Waals surface area contributed by atoms with E-state index in [9.17, 15) is 9.18 Å². The summed E-state index contributed by atoms with van der Waals surface area (Å²) in [4.78, 5) is 21.0. The van der Waals surface area contributed by atoms with E-state index in [4.69, 9.17) is 9.47 Å². The fraction of sp³-hybridized carbons (Fsp3) is 0.360. The van der Waals surface area contributed by atoms with Gasteiger partial charge in [-0.2, -0.15) is 0 Å². The van der Waals surface area contributed by atoms with Crippen LogP contribution in [0.2, 0.25) is 0 Å². The predicted octanol–water partition coefficient (Wildman–Crippen LogP) is 1.81. The van der Waals surface area contributed by atoms with Crippen LogP contribution in [0.4, 0.5) is 4.39 Å². The molecule has 2 aromatic carbocycles. The Hall–Kier alpha value is -3.83. The number of halogens is 1. The van der Waals surface area contributed by atoms with E-state index in [1.807, 2.05) is 12.1 Å². The smallest absolute Gasteiger partial charge is 0.253 e. The molecule has 6 rings (SSSR count). The molecule has 0 saturated carbocycles. The molecule has 1 atom stereocenters. The molecular formula is C25H26FN7O3. The maximum atomic E-state index is 13.5. The lowest BCUT2D eigenvalue weighted by molar-refractivity contribution is 0.121. The number of hydrogen-bond donors (Lipinski definition) is 1. The summed E-state index contributed by atoms with van der Waals surface area (Å²) in [6.45, 7) is 4.55. The third-order valence-corrected chi connectivity index (χ3v) is 6.78. The number of benzene rings is 2. The first-order chi connectivity index (χ1) is 17.5. The average molecular weight is 492 g/mol. The van der Waals surface area contributed by atoms with Gasteiger partial charge in [-0.05, 0) is 47.3 Å². The lowest BCUT2D eigenvalue weighted by Crippen LogP contribution is -2.47. The van der Waals surface area contributed by atoms with Crippen molar-refractivity contribution in [1.29, 1.82) is 0 Å². The first kappa shape index (κ1) is 22.6. The van der Waals surface area contributed by atoms with Crippen LogP contribution >= 0.6 is 0 Å². The van der Waals surface area contributed by atoms with Crippen LogP contribution < -0.4 is 15.0 Å². The molecule has 36 heavy (non-hydrogen) atoms. The second-order valence-corrected chi connectivity index (χ2v) is 9.20. The van der Waals surface area contributed by atoms with E-state index < -0.39 is 6.04 Å². The number of H-pyrrole nitrogens is 1. The lowest BCUT2D eigenvalue weighted by atomic mass is 10.0. The van der Waals surface area contributed by atoms with Gasteiger partial charge in [0.2, 0.25) is 0 Å². The second kappa shape index (κ2) is 9.32. The summed E-state index contributed by atoms with van der Waals surface area (Å²) in [6, 6.07) is 11.4. The number of piperazine rings is 1. The summed E-state index contributed by atoms with van der Waals surface area (Å²) in [6.07, 6.45) is 0. The van der Waals surface area contributed by atoms with E-state index in [-0.39, 0.29) is 11.4 Å². The van der Waals surface area contributed by atoms with Gasteiger partial charge in [-0.15, -0.1) is 5.10 Å². The largest absolute Gasteiger partial charge is 0.486 e. The molecule has 4 heterocycles. The summed E-state index contributed by atoms with van der Waals surface area (Å²) in [5.41, 5.74) is 1.88. The number of nitrogens with one attached hydrogen (secondary N) is 1. The van der Waals surface area contributed by atoms with Gasteiger partial charge in [-0.3, -0.25) is 9.69 Å². The van der Waals surface area contributed by atoms with Gasteiger partial charge in [-0.25, -0.2) is 9.07 Å². The minimum absolute atomic E-state index is 0.209. The highest BCUT2D eigenvalue weighted by atomic mass is 19.1. The van der Waals surface area contributed by atoms with Crippen LogP contribution in [-0.2, 0) is 6.54 Å². The quantitative estimate of drug-likeness (QED) is 0.451. The summed E-state index contributed by atoms with van der Waals surface area (Å²) < 4.78 is 26.6. The second-order valence-electron chi connectivity index (χ2n) is 9.20. The zero-order valence-electron chi connectivity index (χ0n) is 19.9. The van der Waals surface area contributed by atoms with Crippen LogP contribution in [0.1, 0.15) is 23.0 Å². The molecule has 0 radical (unpaired) electrons. The Bertz CT molecular complexity index is 1440. The Morgan fingerprint density at radius 3 is 2.50 bits per heavy atom. The van der Waals surface area contributed by atoms with E-state index in [0.29, 0.717) is 48.2 Å². The maximum Gasteiger partial charge on any atom is 0.253 e. The standard InChI is InChI=1S/C25H26FN7O3/c1-31-6-8-32(9-7-31)23(24-28-29-30-33(24)15-16-2-4-18(26)5-3-16)19-12-17-13-21-22(36-11-10-35-21)14-20(17)27-25(19)34/h2-5,12-14,23H,6-11,15H2,1H3,(H,27,34)/t23-/m1/s1. The molecule has 186 valence electrons. The summed E-state index contributed by atoms with van der Waals surface area (Å²) in [5, 5.41) is 13.4. The van der Waals surface area contributed by atoms with E-state index in [1.54, 1.807) is 22.9 Å². The predicted molar refractivity (Wildman–Crippen MR) is 130 cm³/mol. The van der Waals surface area contributed by atoms with Crippen molar-refractivity contribution < 1.29 is 13.9 Å². The van der Waals surface area contributed by atoms with Crippen LogP contribution in [0.3, 0.4) is 0 Å². The Morgan fingerprint density at radius 2 is 1.75 bits per heavy atom. The number of pyridine rings is 1. The normalized spacial score (nSPS) is 17.4. The minimum atomic E-state index is -0.463. The molecule has 1 fully saturated rings. The fourth-order valence-corrected chi connectivity index (χ4v) is 4.82. The topological polar surface area (TPSA) is 101 Å². The average Bonchev–Trinajstić information content (AvgIpc) is 3.33. The van der Waals surface area contributed by atoms with Crippen molar-refractivity contribution in [2.24, 2.45) is 0 Å². The number of aromatic nitrogens is 5. The Labute approximate surface area is 206 Å². The molecule has 1 saturated heterocycles. The highest BCUT2D eigenvalue weighted by molar-refractivity contribution is 5.83. The van der Waals surface area contributed by atoms with Crippen molar-refractivity contribution in [1.82, 2.24) is 35.0 Å². The van der Waals surface area contributed by atoms with Gasteiger partial charge >= 0.3 is 0 Å². The van der Waals surface area contributed by atoms with Crippen LogP contribution in [0, 0.1) is 5.82 Å². The molecule has 2 aliphatic rings.